The summed E-state index contributed by atoms with van der Waals surface area (Å²) in [7, 11) is 3.92. The van der Waals surface area contributed by atoms with Crippen molar-refractivity contribution in [3.05, 3.63) is 29.8 Å². The summed E-state index contributed by atoms with van der Waals surface area (Å²) in [6, 6.07) is 8.57. The van der Waals surface area contributed by atoms with Crippen LogP contribution in [0.2, 0.25) is 0 Å². The van der Waals surface area contributed by atoms with Crippen LogP contribution in [0, 0.1) is 5.41 Å². The maximum atomic E-state index is 5.50. The normalized spacial score (nSPS) is 13.6. The van der Waals surface area contributed by atoms with Gasteiger partial charge in [-0.3, -0.25) is 0 Å². The predicted molar refractivity (Wildman–Crippen MR) is 86.4 cm³/mol. The molecule has 0 aliphatic carbocycles. The van der Waals surface area contributed by atoms with Gasteiger partial charge < -0.3 is 15.0 Å². The van der Waals surface area contributed by atoms with Crippen LogP contribution in [-0.2, 0) is 0 Å². The second-order valence-corrected chi connectivity index (χ2v) is 6.61. The molecule has 1 aromatic carbocycles. The fourth-order valence-electron chi connectivity index (χ4n) is 2.66. The van der Waals surface area contributed by atoms with Gasteiger partial charge in [0, 0.05) is 24.7 Å². The Kier molecular flexibility index (Phi) is 6.50. The van der Waals surface area contributed by atoms with Crippen molar-refractivity contribution < 1.29 is 4.74 Å². The Morgan fingerprint density at radius 1 is 1.25 bits per heavy atom. The number of hydrogen-bond donors (Lipinski definition) is 1. The zero-order valence-electron chi connectivity index (χ0n) is 13.9. The number of nitrogens with zero attached hydrogens (tertiary/aromatic N) is 1. The molecule has 1 unspecified atom stereocenters. The lowest BCUT2D eigenvalue weighted by atomic mass is 9.95. The zero-order valence-corrected chi connectivity index (χ0v) is 13.9. The fourth-order valence-corrected chi connectivity index (χ4v) is 2.66. The molecule has 0 heterocycles. The summed E-state index contributed by atoms with van der Waals surface area (Å²) < 4.78 is 5.50. The molecule has 0 saturated heterocycles. The molecule has 0 spiro atoms. The Balaban J connectivity index is 2.83. The SMILES string of the molecule is CCNC(CN(C)CC(C)(C)C)c1ccccc1OC. The van der Waals surface area contributed by atoms with E-state index in [0.717, 1.165) is 25.4 Å². The third-order valence-electron chi connectivity index (χ3n) is 3.20. The first-order valence-corrected chi connectivity index (χ1v) is 7.42. The Labute approximate surface area is 124 Å². The minimum Gasteiger partial charge on any atom is -0.496 e. The van der Waals surface area contributed by atoms with Gasteiger partial charge in [0.2, 0.25) is 0 Å². The number of hydrogen-bond acceptors (Lipinski definition) is 3. The highest BCUT2D eigenvalue weighted by atomic mass is 16.5. The van der Waals surface area contributed by atoms with Gasteiger partial charge >= 0.3 is 0 Å². The number of rotatable bonds is 7. The molecule has 0 bridgehead atoms. The summed E-state index contributed by atoms with van der Waals surface area (Å²) in [5.74, 6) is 0.961. The van der Waals surface area contributed by atoms with Crippen molar-refractivity contribution in [2.24, 2.45) is 5.41 Å². The molecule has 1 N–H and O–H groups in total. The molecule has 20 heavy (non-hydrogen) atoms. The minimum absolute atomic E-state index is 0.295. The van der Waals surface area contributed by atoms with Crippen molar-refractivity contribution in [1.82, 2.24) is 10.2 Å². The van der Waals surface area contributed by atoms with Crippen LogP contribution in [0.5, 0.6) is 5.75 Å². The molecule has 0 saturated carbocycles. The van der Waals surface area contributed by atoms with E-state index in [2.05, 4.69) is 57.1 Å². The lowest BCUT2D eigenvalue weighted by Gasteiger charge is -2.30. The molecule has 0 aliphatic heterocycles. The summed E-state index contributed by atoms with van der Waals surface area (Å²) in [5.41, 5.74) is 1.55. The first-order chi connectivity index (χ1) is 9.37. The molecule has 0 aliphatic rings. The second-order valence-electron chi connectivity index (χ2n) is 6.61. The highest BCUT2D eigenvalue weighted by Crippen LogP contribution is 2.26. The summed E-state index contributed by atoms with van der Waals surface area (Å²) in [5, 5.41) is 3.57. The molecule has 1 aromatic rings. The van der Waals surface area contributed by atoms with Crippen LogP contribution >= 0.6 is 0 Å². The summed E-state index contributed by atoms with van der Waals surface area (Å²) in [6.45, 7) is 12.0. The van der Waals surface area contributed by atoms with Crippen molar-refractivity contribution in [3.8, 4) is 5.75 Å². The van der Waals surface area contributed by atoms with Crippen molar-refractivity contribution >= 4 is 0 Å². The number of para-hydroxylation sites is 1. The van der Waals surface area contributed by atoms with E-state index in [0.29, 0.717) is 11.5 Å². The van der Waals surface area contributed by atoms with Crippen molar-refractivity contribution in [1.29, 1.82) is 0 Å². The average molecular weight is 278 g/mol. The Hall–Kier alpha value is -1.06. The van der Waals surface area contributed by atoms with Crippen LogP contribution in [0.15, 0.2) is 24.3 Å². The largest absolute Gasteiger partial charge is 0.496 e. The molecular formula is C17H30N2O. The van der Waals surface area contributed by atoms with Crippen molar-refractivity contribution in [2.45, 2.75) is 33.7 Å². The summed E-state index contributed by atoms with van der Waals surface area (Å²) in [4.78, 5) is 2.39. The van der Waals surface area contributed by atoms with Crippen LogP contribution in [0.3, 0.4) is 0 Å². The van der Waals surface area contributed by atoms with Crippen LogP contribution in [0.1, 0.15) is 39.3 Å². The lowest BCUT2D eigenvalue weighted by Crippen LogP contribution is -2.37. The molecule has 0 fully saturated rings. The van der Waals surface area contributed by atoms with E-state index in [1.54, 1.807) is 7.11 Å². The first-order valence-electron chi connectivity index (χ1n) is 7.42. The monoisotopic (exact) mass is 278 g/mol. The van der Waals surface area contributed by atoms with Gasteiger partial charge in [-0.05, 0) is 25.1 Å². The quantitative estimate of drug-likeness (QED) is 0.828. The van der Waals surface area contributed by atoms with Crippen LogP contribution in [-0.4, -0.2) is 38.7 Å². The van der Waals surface area contributed by atoms with Gasteiger partial charge in [0.25, 0.3) is 0 Å². The van der Waals surface area contributed by atoms with Gasteiger partial charge in [-0.15, -0.1) is 0 Å². The van der Waals surface area contributed by atoms with Crippen LogP contribution < -0.4 is 10.1 Å². The Morgan fingerprint density at radius 2 is 1.90 bits per heavy atom. The molecule has 0 amide bonds. The van der Waals surface area contributed by atoms with Gasteiger partial charge in [-0.25, -0.2) is 0 Å². The maximum absolute atomic E-state index is 5.50. The van der Waals surface area contributed by atoms with Crippen molar-refractivity contribution in [2.75, 3.05) is 33.8 Å². The fraction of sp³-hybridized carbons (Fsp3) is 0.647. The molecule has 0 radical (unpaired) electrons. The summed E-state index contributed by atoms with van der Waals surface area (Å²) in [6.07, 6.45) is 0. The number of nitrogens with one attached hydrogen (secondary N) is 1. The number of benzene rings is 1. The van der Waals surface area contributed by atoms with E-state index >= 15 is 0 Å². The van der Waals surface area contributed by atoms with Gasteiger partial charge in [-0.1, -0.05) is 45.9 Å². The molecule has 3 heteroatoms. The van der Waals surface area contributed by atoms with E-state index in [1.807, 2.05) is 12.1 Å². The topological polar surface area (TPSA) is 24.5 Å². The van der Waals surface area contributed by atoms with Crippen LogP contribution in [0.25, 0.3) is 0 Å². The number of likely N-dealkylation sites (N-methyl/N-ethyl adjacent to an activating group) is 2. The Bertz CT molecular complexity index is 398. The molecule has 3 nitrogen and oxygen atoms in total. The molecular weight excluding hydrogens is 248 g/mol. The van der Waals surface area contributed by atoms with E-state index in [9.17, 15) is 0 Å². The summed E-state index contributed by atoms with van der Waals surface area (Å²) >= 11 is 0. The lowest BCUT2D eigenvalue weighted by molar-refractivity contribution is 0.207. The number of ether oxygens (including phenoxy) is 1. The standard InChI is InChI=1S/C17H30N2O/c1-7-18-15(12-19(5)13-17(2,3)4)14-10-8-9-11-16(14)20-6/h8-11,15,18H,7,12-13H2,1-6H3. The highest BCUT2D eigenvalue weighted by Gasteiger charge is 2.20. The van der Waals surface area contributed by atoms with E-state index in [1.165, 1.54) is 5.56 Å². The molecule has 0 aromatic heterocycles. The van der Waals surface area contributed by atoms with Gasteiger partial charge in [0.15, 0.2) is 0 Å². The zero-order chi connectivity index (χ0) is 15.2. The highest BCUT2D eigenvalue weighted by molar-refractivity contribution is 5.36. The average Bonchev–Trinajstić information content (AvgIpc) is 2.36. The van der Waals surface area contributed by atoms with Gasteiger partial charge in [0.1, 0.15) is 5.75 Å². The third kappa shape index (κ3) is 5.51. The minimum atomic E-state index is 0.295. The predicted octanol–water partition coefficient (Wildman–Crippen LogP) is 3.32. The van der Waals surface area contributed by atoms with Gasteiger partial charge in [0.05, 0.1) is 7.11 Å². The van der Waals surface area contributed by atoms with E-state index < -0.39 is 0 Å². The van der Waals surface area contributed by atoms with Crippen LogP contribution in [0.4, 0.5) is 0 Å². The smallest absolute Gasteiger partial charge is 0.123 e. The Morgan fingerprint density at radius 3 is 2.45 bits per heavy atom. The van der Waals surface area contributed by atoms with E-state index in [4.69, 9.17) is 4.74 Å². The molecule has 1 atom stereocenters. The maximum Gasteiger partial charge on any atom is 0.123 e. The van der Waals surface area contributed by atoms with Gasteiger partial charge in [-0.2, -0.15) is 0 Å². The second kappa shape index (κ2) is 7.65. The van der Waals surface area contributed by atoms with E-state index in [-0.39, 0.29) is 0 Å². The molecule has 1 rings (SSSR count). The number of methoxy groups -OCH3 is 1. The molecule has 114 valence electrons. The third-order valence-corrected chi connectivity index (χ3v) is 3.20. The van der Waals surface area contributed by atoms with Crippen molar-refractivity contribution in [3.63, 3.8) is 0 Å². The first kappa shape index (κ1) is 17.0.